The molecule has 0 saturated carbocycles. The normalized spacial score (nSPS) is 9.91. The first-order valence-electron chi connectivity index (χ1n) is 3.94. The smallest absolute Gasteiger partial charge is 0.217 e. The van der Waals surface area contributed by atoms with E-state index in [0.29, 0.717) is 6.04 Å². The van der Waals surface area contributed by atoms with Crippen LogP contribution in [-0.4, -0.2) is 11.9 Å². The molecule has 0 heterocycles. The van der Waals surface area contributed by atoms with E-state index < -0.39 is 0 Å². The van der Waals surface area contributed by atoms with Crippen molar-refractivity contribution in [2.45, 2.75) is 47.1 Å². The van der Waals surface area contributed by atoms with Crippen LogP contribution < -0.4 is 5.32 Å². The summed E-state index contributed by atoms with van der Waals surface area (Å²) >= 11 is 0. The van der Waals surface area contributed by atoms with Gasteiger partial charge in [-0.1, -0.05) is 20.8 Å². The second-order valence-corrected chi connectivity index (χ2v) is 2.01. The van der Waals surface area contributed by atoms with Crippen LogP contribution in [0.25, 0.3) is 0 Å². The van der Waals surface area contributed by atoms with Crippen molar-refractivity contribution in [1.82, 2.24) is 5.32 Å². The maximum absolute atomic E-state index is 10.3. The fourth-order valence-electron chi connectivity index (χ4n) is 0.449. The average Bonchev–Trinajstić information content (AvgIpc) is 1.91. The summed E-state index contributed by atoms with van der Waals surface area (Å²) in [4.78, 5) is 10.3. The number of carbonyl (C=O) groups is 1. The fourth-order valence-corrected chi connectivity index (χ4v) is 0.449. The van der Waals surface area contributed by atoms with Gasteiger partial charge in [-0.05, 0) is 13.3 Å². The van der Waals surface area contributed by atoms with Gasteiger partial charge >= 0.3 is 0 Å². The molecule has 0 aliphatic rings. The zero-order valence-corrected chi connectivity index (χ0v) is 9.54. The molecule has 0 bridgehead atoms. The molecule has 11 heavy (non-hydrogen) atoms. The minimum absolute atomic E-state index is 0. The molecule has 1 amide bonds. The Kier molecular flexibility index (Phi) is 19.9. The monoisotopic (exact) mass is 196 g/mol. The van der Waals surface area contributed by atoms with E-state index in [1.54, 1.807) is 0 Å². The van der Waals surface area contributed by atoms with Crippen LogP contribution in [0.4, 0.5) is 0 Å². The van der Waals surface area contributed by atoms with E-state index in [1.807, 2.05) is 27.7 Å². The SMILES string of the molecule is CC.CCC(C)NC(C)=O.[V]. The number of nitrogens with one attached hydrogen (secondary N) is 1. The molecular weight excluding hydrogens is 177 g/mol. The van der Waals surface area contributed by atoms with Crippen molar-refractivity contribution in [3.63, 3.8) is 0 Å². The first kappa shape index (κ1) is 17.2. The summed E-state index contributed by atoms with van der Waals surface area (Å²) in [6.45, 7) is 9.56. The third kappa shape index (κ3) is 17.8. The number of rotatable bonds is 2. The van der Waals surface area contributed by atoms with E-state index in [2.05, 4.69) is 5.32 Å². The van der Waals surface area contributed by atoms with Crippen LogP contribution in [-0.2, 0) is 23.4 Å². The predicted molar refractivity (Wildman–Crippen MR) is 44.9 cm³/mol. The van der Waals surface area contributed by atoms with Crippen molar-refractivity contribution < 1.29 is 23.4 Å². The molecule has 0 aromatic carbocycles. The van der Waals surface area contributed by atoms with Gasteiger partial charge in [-0.15, -0.1) is 0 Å². The van der Waals surface area contributed by atoms with Crippen molar-refractivity contribution in [1.29, 1.82) is 0 Å². The molecule has 0 aromatic rings. The van der Waals surface area contributed by atoms with E-state index in [1.165, 1.54) is 6.92 Å². The Balaban J connectivity index is -0.000000196. The summed E-state index contributed by atoms with van der Waals surface area (Å²) < 4.78 is 0. The molecule has 0 fully saturated rings. The molecule has 0 saturated heterocycles. The second-order valence-electron chi connectivity index (χ2n) is 2.01. The van der Waals surface area contributed by atoms with Crippen LogP contribution >= 0.6 is 0 Å². The van der Waals surface area contributed by atoms with Gasteiger partial charge in [0.15, 0.2) is 0 Å². The van der Waals surface area contributed by atoms with Gasteiger partial charge in [0.2, 0.25) is 5.91 Å². The van der Waals surface area contributed by atoms with Crippen molar-refractivity contribution in [2.75, 3.05) is 0 Å². The number of amides is 1. The Morgan fingerprint density at radius 1 is 1.45 bits per heavy atom. The Hall–Kier alpha value is 0.0544. The molecular formula is C8H19NOV. The second kappa shape index (κ2) is 12.7. The zero-order chi connectivity index (χ0) is 8.57. The van der Waals surface area contributed by atoms with Crippen molar-refractivity contribution in [3.05, 3.63) is 0 Å². The van der Waals surface area contributed by atoms with Gasteiger partial charge in [0, 0.05) is 31.5 Å². The molecule has 1 unspecified atom stereocenters. The van der Waals surface area contributed by atoms with E-state index in [4.69, 9.17) is 0 Å². The number of hydrogen-bond acceptors (Lipinski definition) is 1. The van der Waals surface area contributed by atoms with Gasteiger partial charge in [0.05, 0.1) is 0 Å². The summed E-state index contributed by atoms with van der Waals surface area (Å²) in [5, 5.41) is 2.75. The number of hydrogen-bond donors (Lipinski definition) is 1. The van der Waals surface area contributed by atoms with Crippen LogP contribution in [0, 0.1) is 0 Å². The predicted octanol–water partition coefficient (Wildman–Crippen LogP) is 1.94. The molecule has 3 heteroatoms. The minimum Gasteiger partial charge on any atom is -0.354 e. The molecule has 0 spiro atoms. The minimum atomic E-state index is 0. The van der Waals surface area contributed by atoms with Gasteiger partial charge in [-0.25, -0.2) is 0 Å². The third-order valence-electron chi connectivity index (χ3n) is 1.06. The van der Waals surface area contributed by atoms with Crippen LogP contribution in [0.3, 0.4) is 0 Å². The van der Waals surface area contributed by atoms with Crippen molar-refractivity contribution >= 4 is 5.91 Å². The van der Waals surface area contributed by atoms with Crippen LogP contribution in [0.1, 0.15) is 41.0 Å². The van der Waals surface area contributed by atoms with Gasteiger partial charge in [0.1, 0.15) is 0 Å². The number of carbonyl (C=O) groups excluding carboxylic acids is 1. The molecule has 0 aliphatic carbocycles. The van der Waals surface area contributed by atoms with E-state index in [-0.39, 0.29) is 24.5 Å². The van der Waals surface area contributed by atoms with E-state index in [0.717, 1.165) is 6.42 Å². The molecule has 0 aliphatic heterocycles. The quantitative estimate of drug-likeness (QED) is 0.718. The van der Waals surface area contributed by atoms with E-state index >= 15 is 0 Å². The third-order valence-corrected chi connectivity index (χ3v) is 1.06. The van der Waals surface area contributed by atoms with Crippen LogP contribution in [0.2, 0.25) is 0 Å². The standard InChI is InChI=1S/C6H13NO.C2H6.V/c1-4-5(2)7-6(3)8;1-2;/h5H,4H2,1-3H3,(H,7,8);1-2H3;. The molecule has 1 radical (unpaired) electrons. The molecule has 2 nitrogen and oxygen atoms in total. The maximum Gasteiger partial charge on any atom is 0.217 e. The zero-order valence-electron chi connectivity index (χ0n) is 8.14. The van der Waals surface area contributed by atoms with Gasteiger partial charge in [0.25, 0.3) is 0 Å². The van der Waals surface area contributed by atoms with Crippen molar-refractivity contribution in [3.8, 4) is 0 Å². The summed E-state index contributed by atoms with van der Waals surface area (Å²) in [6.07, 6.45) is 1.000. The average molecular weight is 196 g/mol. The summed E-state index contributed by atoms with van der Waals surface area (Å²) in [7, 11) is 0. The summed E-state index contributed by atoms with van der Waals surface area (Å²) in [5.41, 5.74) is 0. The van der Waals surface area contributed by atoms with Gasteiger partial charge in [-0.2, -0.15) is 0 Å². The molecule has 1 N–H and O–H groups in total. The Labute approximate surface area is 82.0 Å². The molecule has 1 atom stereocenters. The van der Waals surface area contributed by atoms with Crippen molar-refractivity contribution in [2.24, 2.45) is 0 Å². The largest absolute Gasteiger partial charge is 0.354 e. The van der Waals surface area contributed by atoms with Gasteiger partial charge in [-0.3, -0.25) is 4.79 Å². The fraction of sp³-hybridized carbons (Fsp3) is 0.875. The first-order chi connectivity index (χ1) is 4.66. The maximum atomic E-state index is 10.3. The Morgan fingerprint density at radius 3 is 1.91 bits per heavy atom. The summed E-state index contributed by atoms with van der Waals surface area (Å²) in [5.74, 6) is 0.0550. The molecule has 0 aromatic heterocycles. The van der Waals surface area contributed by atoms with E-state index in [9.17, 15) is 4.79 Å². The first-order valence-corrected chi connectivity index (χ1v) is 3.94. The Bertz CT molecular complexity index is 86.2. The summed E-state index contributed by atoms with van der Waals surface area (Å²) in [6, 6.07) is 0.326. The topological polar surface area (TPSA) is 29.1 Å². The molecule has 0 rings (SSSR count). The molecule has 67 valence electrons. The Morgan fingerprint density at radius 2 is 1.82 bits per heavy atom. The van der Waals surface area contributed by atoms with Gasteiger partial charge < -0.3 is 5.32 Å². The van der Waals surface area contributed by atoms with Crippen LogP contribution in [0.15, 0.2) is 0 Å². The van der Waals surface area contributed by atoms with Crippen LogP contribution in [0.5, 0.6) is 0 Å².